The van der Waals surface area contributed by atoms with Crippen LogP contribution in [0.1, 0.15) is 27.2 Å². The molecule has 2 amide bonds. The van der Waals surface area contributed by atoms with Crippen LogP contribution in [-0.4, -0.2) is 23.6 Å². The van der Waals surface area contributed by atoms with Crippen molar-refractivity contribution in [1.29, 1.82) is 0 Å². The van der Waals surface area contributed by atoms with E-state index in [2.05, 4.69) is 11.2 Å². The highest BCUT2D eigenvalue weighted by Crippen LogP contribution is 2.06. The Morgan fingerprint density at radius 2 is 2.07 bits per heavy atom. The Kier molecular flexibility index (Phi) is 4.65. The Morgan fingerprint density at radius 1 is 1.53 bits per heavy atom. The molecular weight excluding hydrogens is 196 g/mol. The third-order valence-corrected chi connectivity index (χ3v) is 1.36. The number of terminal acetylenes is 1. The fourth-order valence-electron chi connectivity index (χ4n) is 0.790. The van der Waals surface area contributed by atoms with Gasteiger partial charge in [-0.25, -0.2) is 4.79 Å². The first-order valence-corrected chi connectivity index (χ1v) is 4.48. The number of hydrogen-bond donors (Lipinski definition) is 2. The van der Waals surface area contributed by atoms with Crippen LogP contribution in [0.15, 0.2) is 0 Å². The van der Waals surface area contributed by atoms with Crippen LogP contribution in [0.4, 0.5) is 4.79 Å². The first-order valence-electron chi connectivity index (χ1n) is 4.48. The predicted molar refractivity (Wildman–Crippen MR) is 55.8 cm³/mol. The largest absolute Gasteiger partial charge is 0.444 e. The van der Waals surface area contributed by atoms with E-state index < -0.39 is 23.6 Å². The van der Waals surface area contributed by atoms with Gasteiger partial charge in [0.05, 0.1) is 0 Å². The van der Waals surface area contributed by atoms with E-state index in [1.807, 2.05) is 0 Å². The summed E-state index contributed by atoms with van der Waals surface area (Å²) in [5, 5.41) is 2.30. The third-order valence-electron chi connectivity index (χ3n) is 1.36. The zero-order valence-electron chi connectivity index (χ0n) is 9.16. The van der Waals surface area contributed by atoms with Gasteiger partial charge < -0.3 is 15.8 Å². The molecule has 0 saturated carbocycles. The number of ether oxygens (including phenoxy) is 1. The van der Waals surface area contributed by atoms with Crippen molar-refractivity contribution in [1.82, 2.24) is 5.32 Å². The van der Waals surface area contributed by atoms with Crippen molar-refractivity contribution in [3.8, 4) is 12.3 Å². The molecule has 15 heavy (non-hydrogen) atoms. The zero-order valence-corrected chi connectivity index (χ0v) is 9.16. The Labute approximate surface area is 89.3 Å². The molecule has 5 nitrogen and oxygen atoms in total. The summed E-state index contributed by atoms with van der Waals surface area (Å²) in [5.41, 5.74) is 4.41. The van der Waals surface area contributed by atoms with Gasteiger partial charge in [-0.1, -0.05) is 0 Å². The molecule has 0 aliphatic rings. The molecule has 84 valence electrons. The number of hydrogen-bond acceptors (Lipinski definition) is 3. The lowest BCUT2D eigenvalue weighted by atomic mass is 10.2. The van der Waals surface area contributed by atoms with Crippen molar-refractivity contribution in [2.45, 2.75) is 38.8 Å². The van der Waals surface area contributed by atoms with Crippen LogP contribution in [-0.2, 0) is 9.53 Å². The smallest absolute Gasteiger partial charge is 0.408 e. The average molecular weight is 212 g/mol. The number of rotatable bonds is 3. The monoisotopic (exact) mass is 212 g/mol. The first-order chi connectivity index (χ1) is 6.76. The van der Waals surface area contributed by atoms with E-state index in [9.17, 15) is 9.59 Å². The fourth-order valence-corrected chi connectivity index (χ4v) is 0.790. The third kappa shape index (κ3) is 6.38. The second kappa shape index (κ2) is 5.25. The molecule has 0 fully saturated rings. The quantitative estimate of drug-likeness (QED) is 0.664. The van der Waals surface area contributed by atoms with Crippen LogP contribution >= 0.6 is 0 Å². The Balaban J connectivity index is 4.25. The Bertz CT molecular complexity index is 286. The molecule has 3 N–H and O–H groups in total. The minimum Gasteiger partial charge on any atom is -0.444 e. The summed E-state index contributed by atoms with van der Waals surface area (Å²) >= 11 is 0. The van der Waals surface area contributed by atoms with Crippen molar-refractivity contribution in [2.24, 2.45) is 5.73 Å². The minimum atomic E-state index is -0.884. The highest BCUT2D eigenvalue weighted by molar-refractivity contribution is 5.84. The van der Waals surface area contributed by atoms with Crippen molar-refractivity contribution in [2.75, 3.05) is 0 Å². The molecule has 0 aromatic heterocycles. The maximum Gasteiger partial charge on any atom is 0.408 e. The number of amides is 2. The highest BCUT2D eigenvalue weighted by Gasteiger charge is 2.21. The summed E-state index contributed by atoms with van der Waals surface area (Å²) in [4.78, 5) is 22.1. The molecule has 1 unspecified atom stereocenters. The molecule has 0 aliphatic carbocycles. The van der Waals surface area contributed by atoms with E-state index in [0.717, 1.165) is 0 Å². The number of nitrogens with two attached hydrogens (primary N) is 1. The van der Waals surface area contributed by atoms with Crippen molar-refractivity contribution in [3.05, 3.63) is 0 Å². The fraction of sp³-hybridized carbons (Fsp3) is 0.600. The van der Waals surface area contributed by atoms with Gasteiger partial charge >= 0.3 is 6.09 Å². The normalized spacial score (nSPS) is 12.4. The van der Waals surface area contributed by atoms with E-state index in [0.29, 0.717) is 0 Å². The molecule has 0 heterocycles. The van der Waals surface area contributed by atoms with Gasteiger partial charge in [-0.15, -0.1) is 12.3 Å². The van der Waals surface area contributed by atoms with Gasteiger partial charge in [0.25, 0.3) is 0 Å². The van der Waals surface area contributed by atoms with Gasteiger partial charge in [-0.2, -0.15) is 0 Å². The molecule has 0 aliphatic heterocycles. The number of carbonyl (C=O) groups is 2. The van der Waals surface area contributed by atoms with E-state index >= 15 is 0 Å². The number of primary amides is 1. The topological polar surface area (TPSA) is 81.4 Å². The van der Waals surface area contributed by atoms with E-state index in [1.54, 1.807) is 20.8 Å². The van der Waals surface area contributed by atoms with Crippen LogP contribution in [0, 0.1) is 12.3 Å². The SMILES string of the molecule is C#CCC(NC(=O)OC(C)(C)C)C(N)=O. The van der Waals surface area contributed by atoms with Gasteiger partial charge in [0.1, 0.15) is 11.6 Å². The maximum absolute atomic E-state index is 11.2. The maximum atomic E-state index is 11.2. The Morgan fingerprint density at radius 3 is 2.40 bits per heavy atom. The summed E-state index contributed by atoms with van der Waals surface area (Å²) in [6, 6.07) is -0.884. The van der Waals surface area contributed by atoms with Crippen molar-refractivity contribution >= 4 is 12.0 Å². The summed E-state index contributed by atoms with van der Waals surface area (Å²) in [6.07, 6.45) is 4.36. The number of alkyl carbamates (subject to hydrolysis) is 1. The van der Waals surface area contributed by atoms with Gasteiger partial charge in [0, 0.05) is 6.42 Å². The summed E-state index contributed by atoms with van der Waals surface area (Å²) in [5.74, 6) is 1.56. The van der Waals surface area contributed by atoms with Gasteiger partial charge in [-0.3, -0.25) is 4.79 Å². The van der Waals surface area contributed by atoms with Gasteiger partial charge in [-0.05, 0) is 20.8 Å². The highest BCUT2D eigenvalue weighted by atomic mass is 16.6. The van der Waals surface area contributed by atoms with Crippen molar-refractivity contribution in [3.63, 3.8) is 0 Å². The van der Waals surface area contributed by atoms with Crippen LogP contribution in [0.3, 0.4) is 0 Å². The van der Waals surface area contributed by atoms with Gasteiger partial charge in [0.2, 0.25) is 5.91 Å². The van der Waals surface area contributed by atoms with Crippen LogP contribution in [0.25, 0.3) is 0 Å². The summed E-state index contributed by atoms with van der Waals surface area (Å²) < 4.78 is 4.94. The van der Waals surface area contributed by atoms with Crippen LogP contribution in [0.5, 0.6) is 0 Å². The van der Waals surface area contributed by atoms with Crippen LogP contribution in [0.2, 0.25) is 0 Å². The first kappa shape index (κ1) is 13.3. The molecule has 0 rings (SSSR count). The standard InChI is InChI=1S/C10H16N2O3/c1-5-6-7(8(11)13)12-9(14)15-10(2,3)4/h1,7H,6H2,2-4H3,(H2,11,13)(H,12,14). The molecule has 0 aromatic rings. The second-order valence-corrected chi connectivity index (χ2v) is 4.01. The lowest BCUT2D eigenvalue weighted by Gasteiger charge is -2.21. The second-order valence-electron chi connectivity index (χ2n) is 4.01. The molecule has 0 spiro atoms. The molecule has 5 heteroatoms. The predicted octanol–water partition coefficient (Wildman–Crippen LogP) is 0.388. The molecule has 0 bridgehead atoms. The summed E-state index contributed by atoms with van der Waals surface area (Å²) in [7, 11) is 0. The molecule has 0 aromatic carbocycles. The van der Waals surface area contributed by atoms with E-state index in [4.69, 9.17) is 16.9 Å². The average Bonchev–Trinajstić information content (AvgIpc) is 1.99. The van der Waals surface area contributed by atoms with Crippen molar-refractivity contribution < 1.29 is 14.3 Å². The summed E-state index contributed by atoms with van der Waals surface area (Å²) in [6.45, 7) is 5.15. The molecule has 1 atom stereocenters. The number of nitrogens with one attached hydrogen (secondary N) is 1. The van der Waals surface area contributed by atoms with Crippen LogP contribution < -0.4 is 11.1 Å². The van der Waals surface area contributed by atoms with E-state index in [1.165, 1.54) is 0 Å². The molecular formula is C10H16N2O3. The lowest BCUT2D eigenvalue weighted by Crippen LogP contribution is -2.46. The minimum absolute atomic E-state index is 0.0502. The van der Waals surface area contributed by atoms with E-state index in [-0.39, 0.29) is 6.42 Å². The Hall–Kier alpha value is -1.70. The lowest BCUT2D eigenvalue weighted by molar-refractivity contribution is -0.119. The molecule has 0 saturated heterocycles. The van der Waals surface area contributed by atoms with Gasteiger partial charge in [0.15, 0.2) is 0 Å². The number of carbonyl (C=O) groups excluding carboxylic acids is 2. The molecule has 0 radical (unpaired) electrons. The zero-order chi connectivity index (χ0) is 12.1.